The van der Waals surface area contributed by atoms with Crippen molar-refractivity contribution in [3.05, 3.63) is 23.3 Å². The number of hydrogen-bond donors (Lipinski definition) is 4. The summed E-state index contributed by atoms with van der Waals surface area (Å²) < 4.78 is 6.31. The van der Waals surface area contributed by atoms with E-state index in [-0.39, 0.29) is 42.0 Å². The highest BCUT2D eigenvalue weighted by Gasteiger charge is 2.70. The molecule has 1 heterocycles. The molecule has 34 heavy (non-hydrogen) atoms. The van der Waals surface area contributed by atoms with E-state index >= 15 is 0 Å². The van der Waals surface area contributed by atoms with Crippen LogP contribution in [0.5, 0.6) is 0 Å². The van der Waals surface area contributed by atoms with E-state index in [4.69, 9.17) is 4.74 Å². The number of hydrogen-bond acceptors (Lipinski definition) is 7. The number of nitrogens with one attached hydrogen (secondary N) is 1. The highest BCUT2D eigenvalue weighted by molar-refractivity contribution is 6.04. The van der Waals surface area contributed by atoms with E-state index in [0.29, 0.717) is 17.6 Å². The molecule has 0 amide bonds. The molecule has 5 aliphatic rings. The Morgan fingerprint density at radius 3 is 2.32 bits per heavy atom. The molecule has 3 fully saturated rings. The molecule has 188 valence electrons. The van der Waals surface area contributed by atoms with Gasteiger partial charge in [0.15, 0.2) is 5.78 Å². The molecule has 0 aromatic heterocycles. The summed E-state index contributed by atoms with van der Waals surface area (Å²) in [6.45, 7) is 11.1. The lowest BCUT2D eigenvalue weighted by Gasteiger charge is -2.62. The molecule has 2 saturated carbocycles. The summed E-state index contributed by atoms with van der Waals surface area (Å²) in [6, 6.07) is 0. The zero-order valence-corrected chi connectivity index (χ0v) is 21.0. The Morgan fingerprint density at radius 2 is 1.76 bits per heavy atom. The molecule has 0 aromatic rings. The van der Waals surface area contributed by atoms with Gasteiger partial charge < -0.3 is 25.4 Å². The van der Waals surface area contributed by atoms with Gasteiger partial charge in [-0.1, -0.05) is 32.9 Å². The average molecular weight is 474 g/mol. The molecule has 6 atom stereocenters. The van der Waals surface area contributed by atoms with Gasteiger partial charge in [0, 0.05) is 36.8 Å². The second-order valence-corrected chi connectivity index (χ2v) is 12.8. The highest BCUT2D eigenvalue weighted by atomic mass is 16.6. The van der Waals surface area contributed by atoms with Crippen LogP contribution < -0.4 is 5.32 Å². The smallest absolute Gasteiger partial charge is 0.309 e. The van der Waals surface area contributed by atoms with Crippen molar-refractivity contribution in [2.45, 2.75) is 77.1 Å². The average Bonchev–Trinajstić information content (AvgIpc) is 2.84. The minimum Gasteiger partial charge on any atom is -0.459 e. The maximum atomic E-state index is 13.2. The molecule has 4 N–H and O–H groups in total. The van der Waals surface area contributed by atoms with E-state index in [2.05, 4.69) is 5.32 Å². The molecule has 5 rings (SSSR count). The minimum atomic E-state index is -1.78. The van der Waals surface area contributed by atoms with Crippen LogP contribution in [0.15, 0.2) is 23.3 Å². The predicted octanol–water partition coefficient (Wildman–Crippen LogP) is 1.90. The van der Waals surface area contributed by atoms with Crippen molar-refractivity contribution in [3.8, 4) is 0 Å². The van der Waals surface area contributed by atoms with Gasteiger partial charge in [-0.25, -0.2) is 0 Å². The standard InChI is InChI=1S/C27H39NO6/c1-15-6-20-26(32,21(15)30)9-17(12-29)7-19-23(3,4)24(5,8-16(2)27(19,20)33)34-22(31)18-10-25(11-18)13-28-14-25/h6-7,16,18-20,28-29,32-33H,8-14H2,1-5H3/t16-,19+,20-,24-,26-,27-/m1/s1. The van der Waals surface area contributed by atoms with Gasteiger partial charge in [0.05, 0.1) is 18.1 Å². The summed E-state index contributed by atoms with van der Waals surface area (Å²) in [5.74, 6) is -2.36. The fourth-order valence-electron chi connectivity index (χ4n) is 7.87. The molecule has 0 aromatic carbocycles. The quantitative estimate of drug-likeness (QED) is 0.365. The Bertz CT molecular complexity index is 987. The zero-order chi connectivity index (χ0) is 24.9. The first kappa shape index (κ1) is 24.2. The van der Waals surface area contributed by atoms with E-state index in [0.717, 1.165) is 25.9 Å². The van der Waals surface area contributed by atoms with Crippen LogP contribution in [0.4, 0.5) is 0 Å². The molecule has 1 saturated heterocycles. The van der Waals surface area contributed by atoms with Gasteiger partial charge in [0.25, 0.3) is 0 Å². The van der Waals surface area contributed by atoms with Gasteiger partial charge in [-0.15, -0.1) is 0 Å². The van der Waals surface area contributed by atoms with E-state index in [9.17, 15) is 24.9 Å². The van der Waals surface area contributed by atoms with E-state index in [1.165, 1.54) is 0 Å². The minimum absolute atomic E-state index is 0.0167. The van der Waals surface area contributed by atoms with Crippen LogP contribution in [0.3, 0.4) is 0 Å². The first-order chi connectivity index (χ1) is 15.7. The summed E-state index contributed by atoms with van der Waals surface area (Å²) >= 11 is 0. The van der Waals surface area contributed by atoms with Crippen molar-refractivity contribution < 1.29 is 29.6 Å². The Morgan fingerprint density at radius 1 is 1.12 bits per heavy atom. The van der Waals surface area contributed by atoms with Crippen molar-refractivity contribution >= 4 is 11.8 Å². The molecule has 0 radical (unpaired) electrons. The molecule has 1 spiro atoms. The Kier molecular flexibility index (Phi) is 5.15. The van der Waals surface area contributed by atoms with Crippen LogP contribution >= 0.6 is 0 Å². The molecule has 1 aliphatic heterocycles. The third kappa shape index (κ3) is 2.96. The van der Waals surface area contributed by atoms with Crippen LogP contribution in [-0.4, -0.2) is 63.6 Å². The monoisotopic (exact) mass is 473 g/mol. The van der Waals surface area contributed by atoms with E-state index in [1.54, 1.807) is 13.0 Å². The molecule has 4 aliphatic carbocycles. The SMILES string of the molecule is CC1=C[C@H]2[C@@]3(O)[C@H](C)C[C@@](C)(OC(=O)C4CC5(CNC5)C4)C(C)(C)[C@@H]3C=C(CO)C[C@]2(O)C1=O. The summed E-state index contributed by atoms with van der Waals surface area (Å²) in [5, 5.41) is 37.3. The largest absolute Gasteiger partial charge is 0.459 e. The number of Topliss-reactive ketones (excluding diaryl/α,β-unsaturated/α-hetero) is 1. The van der Waals surface area contributed by atoms with Crippen molar-refractivity contribution in [2.75, 3.05) is 19.7 Å². The van der Waals surface area contributed by atoms with Gasteiger partial charge in [-0.05, 0) is 55.6 Å². The molecule has 0 unspecified atom stereocenters. The lowest BCUT2D eigenvalue weighted by atomic mass is 9.48. The predicted molar refractivity (Wildman–Crippen MR) is 126 cm³/mol. The summed E-state index contributed by atoms with van der Waals surface area (Å²) in [5.41, 5.74) is -3.57. The first-order valence-corrected chi connectivity index (χ1v) is 12.6. The first-order valence-electron chi connectivity index (χ1n) is 12.6. The summed E-state index contributed by atoms with van der Waals surface area (Å²) in [6.07, 6.45) is 5.66. The van der Waals surface area contributed by atoms with Crippen molar-refractivity contribution in [3.63, 3.8) is 0 Å². The van der Waals surface area contributed by atoms with Crippen molar-refractivity contribution in [1.82, 2.24) is 5.32 Å². The van der Waals surface area contributed by atoms with Gasteiger partial charge in [0.2, 0.25) is 0 Å². The number of esters is 1. The molecule has 7 nitrogen and oxygen atoms in total. The van der Waals surface area contributed by atoms with Crippen LogP contribution in [-0.2, 0) is 14.3 Å². The Hall–Kier alpha value is -1.54. The third-order valence-electron chi connectivity index (χ3n) is 10.4. The number of carbonyl (C=O) groups is 2. The van der Waals surface area contributed by atoms with Gasteiger partial charge in [-0.2, -0.15) is 0 Å². The second kappa shape index (κ2) is 7.25. The lowest BCUT2D eigenvalue weighted by molar-refractivity contribution is -0.249. The number of aliphatic hydroxyl groups excluding tert-OH is 1. The van der Waals surface area contributed by atoms with Crippen LogP contribution in [0.1, 0.15) is 60.3 Å². The van der Waals surface area contributed by atoms with Gasteiger partial charge in [0.1, 0.15) is 11.2 Å². The van der Waals surface area contributed by atoms with E-state index in [1.807, 2.05) is 33.8 Å². The molecule has 0 bridgehead atoms. The van der Waals surface area contributed by atoms with E-state index < -0.39 is 34.1 Å². The summed E-state index contributed by atoms with van der Waals surface area (Å²) in [4.78, 5) is 26.2. The highest BCUT2D eigenvalue weighted by Crippen LogP contribution is 2.63. The number of ether oxygens (including phenoxy) is 1. The maximum Gasteiger partial charge on any atom is 0.309 e. The normalized spacial score (nSPS) is 44.7. The Labute approximate surface area is 201 Å². The van der Waals surface area contributed by atoms with Gasteiger partial charge >= 0.3 is 5.97 Å². The lowest BCUT2D eigenvalue weighted by Crippen LogP contribution is -2.69. The molecule has 7 heteroatoms. The van der Waals surface area contributed by atoms with Crippen LogP contribution in [0.2, 0.25) is 0 Å². The number of aliphatic hydroxyl groups is 3. The Balaban J connectivity index is 1.50. The number of rotatable bonds is 3. The molecular weight excluding hydrogens is 434 g/mol. The zero-order valence-electron chi connectivity index (χ0n) is 21.0. The second-order valence-electron chi connectivity index (χ2n) is 12.8. The summed E-state index contributed by atoms with van der Waals surface area (Å²) in [7, 11) is 0. The molecular formula is C27H39NO6. The van der Waals surface area contributed by atoms with Crippen molar-refractivity contribution in [2.24, 2.45) is 34.5 Å². The van der Waals surface area contributed by atoms with Crippen LogP contribution in [0.25, 0.3) is 0 Å². The topological polar surface area (TPSA) is 116 Å². The third-order valence-corrected chi connectivity index (χ3v) is 10.4. The number of fused-ring (bicyclic) bond motifs is 3. The van der Waals surface area contributed by atoms with Crippen LogP contribution in [0, 0.1) is 34.5 Å². The number of carbonyl (C=O) groups excluding carboxylic acids is 2. The van der Waals surface area contributed by atoms with Crippen molar-refractivity contribution in [1.29, 1.82) is 0 Å². The fraction of sp³-hybridized carbons (Fsp3) is 0.778. The number of ketones is 1. The van der Waals surface area contributed by atoms with Gasteiger partial charge in [-0.3, -0.25) is 9.59 Å². The fourth-order valence-corrected chi connectivity index (χ4v) is 7.87. The maximum absolute atomic E-state index is 13.2.